The van der Waals surface area contributed by atoms with Gasteiger partial charge in [0.2, 0.25) is 5.91 Å². The number of phenols is 1. The average molecular weight is 435 g/mol. The SMILES string of the molecule is C=CCc1cc(C=N)c(O)c(CC=C)c1.NC(=O)CN1CCN(Cc2ccccc2)CC1. The molecule has 0 aliphatic carbocycles. The van der Waals surface area contributed by atoms with Gasteiger partial charge in [-0.3, -0.25) is 14.6 Å². The highest BCUT2D eigenvalue weighted by molar-refractivity contribution is 5.82. The highest BCUT2D eigenvalue weighted by Gasteiger charge is 2.17. The van der Waals surface area contributed by atoms with Crippen LogP contribution in [0.15, 0.2) is 67.8 Å². The maximum Gasteiger partial charge on any atom is 0.231 e. The van der Waals surface area contributed by atoms with Crippen molar-refractivity contribution in [2.75, 3.05) is 32.7 Å². The van der Waals surface area contributed by atoms with E-state index in [2.05, 4.69) is 47.2 Å². The Morgan fingerprint density at radius 1 is 1.00 bits per heavy atom. The van der Waals surface area contributed by atoms with E-state index in [9.17, 15) is 9.90 Å². The van der Waals surface area contributed by atoms with Gasteiger partial charge in [-0.1, -0.05) is 48.6 Å². The van der Waals surface area contributed by atoms with Crippen molar-refractivity contribution >= 4 is 12.1 Å². The zero-order valence-electron chi connectivity index (χ0n) is 18.7. The first-order valence-electron chi connectivity index (χ1n) is 10.8. The van der Waals surface area contributed by atoms with E-state index in [1.807, 2.05) is 12.1 Å². The maximum atomic E-state index is 10.8. The van der Waals surface area contributed by atoms with Crippen molar-refractivity contribution in [1.82, 2.24) is 9.80 Å². The van der Waals surface area contributed by atoms with Gasteiger partial charge < -0.3 is 16.2 Å². The number of primary amides is 1. The molecule has 6 nitrogen and oxygen atoms in total. The van der Waals surface area contributed by atoms with Crippen LogP contribution in [0.1, 0.15) is 22.3 Å². The van der Waals surface area contributed by atoms with Crippen LogP contribution in [0.2, 0.25) is 0 Å². The normalized spacial score (nSPS) is 14.1. The molecule has 32 heavy (non-hydrogen) atoms. The molecule has 170 valence electrons. The zero-order valence-corrected chi connectivity index (χ0v) is 18.7. The summed E-state index contributed by atoms with van der Waals surface area (Å²) in [4.78, 5) is 15.3. The number of nitrogens with one attached hydrogen (secondary N) is 1. The van der Waals surface area contributed by atoms with Crippen molar-refractivity contribution in [3.8, 4) is 5.75 Å². The maximum absolute atomic E-state index is 10.8. The number of nitrogens with two attached hydrogens (primary N) is 1. The number of amides is 1. The Balaban J connectivity index is 0.000000229. The lowest BCUT2D eigenvalue weighted by molar-refractivity contribution is -0.119. The molecule has 1 saturated heterocycles. The van der Waals surface area contributed by atoms with Crippen molar-refractivity contribution in [3.63, 3.8) is 0 Å². The third-order valence-corrected chi connectivity index (χ3v) is 5.27. The van der Waals surface area contributed by atoms with Gasteiger partial charge in [0.05, 0.1) is 6.54 Å². The predicted octanol–water partition coefficient (Wildman–Crippen LogP) is 3.14. The molecule has 1 fully saturated rings. The Bertz CT molecular complexity index is 904. The molecule has 2 aromatic rings. The Kier molecular flexibility index (Phi) is 10.4. The van der Waals surface area contributed by atoms with Crippen LogP contribution in [0.4, 0.5) is 0 Å². The van der Waals surface area contributed by atoms with Crippen LogP contribution < -0.4 is 5.73 Å². The number of phenolic OH excluding ortho intramolecular Hbond substituents is 1. The van der Waals surface area contributed by atoms with Crippen molar-refractivity contribution in [3.05, 3.63) is 90.0 Å². The first kappa shape index (κ1) is 25.0. The van der Waals surface area contributed by atoms with E-state index in [4.69, 9.17) is 11.1 Å². The third kappa shape index (κ3) is 8.13. The van der Waals surface area contributed by atoms with Crippen LogP contribution >= 0.6 is 0 Å². The topological polar surface area (TPSA) is 93.6 Å². The van der Waals surface area contributed by atoms with Crippen LogP contribution in [-0.2, 0) is 24.2 Å². The summed E-state index contributed by atoms with van der Waals surface area (Å²) in [5, 5.41) is 17.0. The summed E-state index contributed by atoms with van der Waals surface area (Å²) in [6.45, 7) is 12.5. The second-order valence-corrected chi connectivity index (χ2v) is 7.83. The van der Waals surface area contributed by atoms with Gasteiger partial charge in [-0.15, -0.1) is 13.2 Å². The van der Waals surface area contributed by atoms with Crippen LogP contribution in [-0.4, -0.2) is 59.8 Å². The van der Waals surface area contributed by atoms with Crippen molar-refractivity contribution in [2.45, 2.75) is 19.4 Å². The van der Waals surface area contributed by atoms with Crippen LogP contribution in [0.3, 0.4) is 0 Å². The van der Waals surface area contributed by atoms with E-state index in [0.717, 1.165) is 56.5 Å². The van der Waals surface area contributed by atoms with Gasteiger partial charge in [0.1, 0.15) is 5.75 Å². The van der Waals surface area contributed by atoms with Gasteiger partial charge in [-0.25, -0.2) is 0 Å². The summed E-state index contributed by atoms with van der Waals surface area (Å²) in [6.07, 6.45) is 6.05. The molecule has 1 aliphatic heterocycles. The Labute approximate surface area is 191 Å². The smallest absolute Gasteiger partial charge is 0.231 e. The Morgan fingerprint density at radius 3 is 2.19 bits per heavy atom. The highest BCUT2D eigenvalue weighted by Crippen LogP contribution is 2.24. The Hall–Kier alpha value is -3.22. The first-order chi connectivity index (χ1) is 15.5. The average Bonchev–Trinajstić information content (AvgIpc) is 2.78. The van der Waals surface area contributed by atoms with Gasteiger partial charge in [0.25, 0.3) is 0 Å². The number of aromatic hydroxyl groups is 1. The number of benzene rings is 2. The lowest BCUT2D eigenvalue weighted by atomic mass is 10.0. The minimum atomic E-state index is -0.235. The number of hydrogen-bond acceptors (Lipinski definition) is 5. The molecule has 1 heterocycles. The van der Waals surface area contributed by atoms with Crippen LogP contribution in [0.25, 0.3) is 0 Å². The zero-order chi connectivity index (χ0) is 23.3. The lowest BCUT2D eigenvalue weighted by Gasteiger charge is -2.33. The molecule has 4 N–H and O–H groups in total. The molecule has 6 heteroatoms. The summed E-state index contributed by atoms with van der Waals surface area (Å²) < 4.78 is 0. The molecule has 0 atom stereocenters. The summed E-state index contributed by atoms with van der Waals surface area (Å²) in [5.41, 5.74) is 8.94. The minimum Gasteiger partial charge on any atom is -0.507 e. The molecule has 0 spiro atoms. The van der Waals surface area contributed by atoms with E-state index < -0.39 is 0 Å². The molecule has 2 aromatic carbocycles. The van der Waals surface area contributed by atoms with E-state index in [-0.39, 0.29) is 11.7 Å². The fourth-order valence-electron chi connectivity index (χ4n) is 3.66. The number of carbonyl (C=O) groups is 1. The number of nitrogens with zero attached hydrogens (tertiary/aromatic N) is 2. The van der Waals surface area contributed by atoms with E-state index in [1.54, 1.807) is 18.2 Å². The molecule has 0 unspecified atom stereocenters. The number of carbonyl (C=O) groups excluding carboxylic acids is 1. The van der Waals surface area contributed by atoms with Gasteiger partial charge in [0, 0.05) is 44.5 Å². The fraction of sp³-hybridized carbons (Fsp3) is 0.308. The number of piperazine rings is 1. The molecule has 3 rings (SSSR count). The van der Waals surface area contributed by atoms with Crippen LogP contribution in [0.5, 0.6) is 5.75 Å². The molecule has 0 saturated carbocycles. The highest BCUT2D eigenvalue weighted by atomic mass is 16.3. The summed E-state index contributed by atoms with van der Waals surface area (Å²) in [6, 6.07) is 14.2. The van der Waals surface area contributed by atoms with E-state index in [1.165, 1.54) is 5.56 Å². The summed E-state index contributed by atoms with van der Waals surface area (Å²) >= 11 is 0. The quantitative estimate of drug-likeness (QED) is 0.417. The second-order valence-electron chi connectivity index (χ2n) is 7.83. The molecule has 1 aliphatic rings. The molecule has 0 aromatic heterocycles. The van der Waals surface area contributed by atoms with Gasteiger partial charge in [-0.05, 0) is 35.6 Å². The van der Waals surface area contributed by atoms with E-state index >= 15 is 0 Å². The monoisotopic (exact) mass is 434 g/mol. The van der Waals surface area contributed by atoms with Crippen molar-refractivity contribution in [1.29, 1.82) is 5.41 Å². The standard InChI is InChI=1S/C13H19N3O.C13H15NO/c14-13(17)11-16-8-6-15(7-9-16)10-12-4-2-1-3-5-12;1-3-5-10-7-11(6-4-2)13(15)12(8-10)9-14/h1-5H,6-11H2,(H2,14,17);3-4,7-9,14-15H,1-2,5-6H2. The number of hydrogen-bond donors (Lipinski definition) is 3. The van der Waals surface area contributed by atoms with Crippen molar-refractivity contribution < 1.29 is 9.90 Å². The number of rotatable bonds is 9. The van der Waals surface area contributed by atoms with Crippen LogP contribution in [0, 0.1) is 5.41 Å². The number of allylic oxidation sites excluding steroid dienone is 2. The second kappa shape index (κ2) is 13.2. The molecular formula is C26H34N4O2. The fourth-order valence-corrected chi connectivity index (χ4v) is 3.66. The summed E-state index contributed by atoms with van der Waals surface area (Å²) in [5.74, 6) is -0.0563. The van der Waals surface area contributed by atoms with Gasteiger partial charge >= 0.3 is 0 Å². The largest absolute Gasteiger partial charge is 0.507 e. The predicted molar refractivity (Wildman–Crippen MR) is 131 cm³/mol. The van der Waals surface area contributed by atoms with Gasteiger partial charge in [0.15, 0.2) is 0 Å². The lowest BCUT2D eigenvalue weighted by Crippen LogP contribution is -2.48. The van der Waals surface area contributed by atoms with E-state index in [0.29, 0.717) is 18.5 Å². The van der Waals surface area contributed by atoms with Crippen molar-refractivity contribution in [2.24, 2.45) is 5.73 Å². The van der Waals surface area contributed by atoms with Gasteiger partial charge in [-0.2, -0.15) is 0 Å². The molecular weight excluding hydrogens is 400 g/mol. The molecule has 0 bridgehead atoms. The Morgan fingerprint density at radius 2 is 1.62 bits per heavy atom. The third-order valence-electron chi connectivity index (χ3n) is 5.27. The molecule has 0 radical (unpaired) electrons. The minimum absolute atomic E-state index is 0.178. The summed E-state index contributed by atoms with van der Waals surface area (Å²) in [7, 11) is 0. The first-order valence-corrected chi connectivity index (χ1v) is 10.8. The molecule has 1 amide bonds.